The molecule has 2 unspecified atom stereocenters. The van der Waals surface area contributed by atoms with Crippen LogP contribution in [0, 0.1) is 5.92 Å². The lowest BCUT2D eigenvalue weighted by Gasteiger charge is -2.23. The standard InChI is InChI=1S/C25H35N3O2/c1-19(2)24(26)25(30)28-22(18-21-12-7-4-8-13-21)14-9-15-23(29)27-17-16-20-10-5-3-6-11-20/h3-8,10-13,19,22,24H,9,14-18,26H2,1-2H3,(H,27,29)(H,28,30). The maximum Gasteiger partial charge on any atom is 0.237 e. The monoisotopic (exact) mass is 409 g/mol. The van der Waals surface area contributed by atoms with E-state index in [2.05, 4.69) is 34.9 Å². The van der Waals surface area contributed by atoms with Crippen molar-refractivity contribution in [1.82, 2.24) is 10.6 Å². The quantitative estimate of drug-likeness (QED) is 0.503. The molecule has 5 heteroatoms. The molecule has 0 spiro atoms. The van der Waals surface area contributed by atoms with Crippen molar-refractivity contribution in [3.63, 3.8) is 0 Å². The minimum absolute atomic E-state index is 0.0400. The summed E-state index contributed by atoms with van der Waals surface area (Å²) in [5.74, 6) is 0.00520. The van der Waals surface area contributed by atoms with Crippen molar-refractivity contribution < 1.29 is 9.59 Å². The van der Waals surface area contributed by atoms with E-state index in [1.807, 2.05) is 50.2 Å². The Morgan fingerprint density at radius 1 is 0.933 bits per heavy atom. The van der Waals surface area contributed by atoms with Gasteiger partial charge in [-0.25, -0.2) is 0 Å². The Labute approximate surface area is 180 Å². The van der Waals surface area contributed by atoms with E-state index in [1.165, 1.54) is 5.56 Å². The molecule has 2 rings (SSSR count). The highest BCUT2D eigenvalue weighted by Gasteiger charge is 2.21. The predicted molar refractivity (Wildman–Crippen MR) is 122 cm³/mol. The molecule has 0 fully saturated rings. The van der Waals surface area contributed by atoms with Gasteiger partial charge in [0.05, 0.1) is 6.04 Å². The molecular weight excluding hydrogens is 374 g/mol. The van der Waals surface area contributed by atoms with Gasteiger partial charge >= 0.3 is 0 Å². The van der Waals surface area contributed by atoms with Crippen LogP contribution in [-0.2, 0) is 22.4 Å². The van der Waals surface area contributed by atoms with Gasteiger partial charge in [-0.3, -0.25) is 9.59 Å². The van der Waals surface area contributed by atoms with Crippen LogP contribution in [0.4, 0.5) is 0 Å². The average Bonchev–Trinajstić information content (AvgIpc) is 2.74. The van der Waals surface area contributed by atoms with Crippen molar-refractivity contribution in [2.45, 2.75) is 58.0 Å². The summed E-state index contributed by atoms with van der Waals surface area (Å²) in [5.41, 5.74) is 8.38. The van der Waals surface area contributed by atoms with Gasteiger partial charge in [-0.2, -0.15) is 0 Å². The van der Waals surface area contributed by atoms with Crippen LogP contribution in [0.1, 0.15) is 44.2 Å². The van der Waals surface area contributed by atoms with Crippen molar-refractivity contribution in [2.24, 2.45) is 11.7 Å². The lowest BCUT2D eigenvalue weighted by molar-refractivity contribution is -0.124. The Morgan fingerprint density at radius 3 is 2.13 bits per heavy atom. The number of benzene rings is 2. The van der Waals surface area contributed by atoms with Crippen LogP contribution >= 0.6 is 0 Å². The van der Waals surface area contributed by atoms with Crippen molar-refractivity contribution in [1.29, 1.82) is 0 Å². The summed E-state index contributed by atoms with van der Waals surface area (Å²) in [5, 5.41) is 6.07. The van der Waals surface area contributed by atoms with Crippen LogP contribution in [-0.4, -0.2) is 30.4 Å². The number of nitrogens with two attached hydrogens (primary N) is 1. The normalized spacial score (nSPS) is 12.9. The van der Waals surface area contributed by atoms with Gasteiger partial charge in [0, 0.05) is 19.0 Å². The minimum atomic E-state index is -0.524. The largest absolute Gasteiger partial charge is 0.356 e. The molecule has 5 nitrogen and oxygen atoms in total. The number of nitrogens with one attached hydrogen (secondary N) is 2. The summed E-state index contributed by atoms with van der Waals surface area (Å²) >= 11 is 0. The van der Waals surface area contributed by atoms with Gasteiger partial charge in [0.15, 0.2) is 0 Å². The Bertz CT molecular complexity index is 762. The van der Waals surface area contributed by atoms with Gasteiger partial charge < -0.3 is 16.4 Å². The second-order valence-corrected chi connectivity index (χ2v) is 8.14. The molecule has 0 saturated carbocycles. The summed E-state index contributed by atoms with van der Waals surface area (Å²) in [6, 6.07) is 19.6. The molecule has 0 bridgehead atoms. The van der Waals surface area contributed by atoms with Crippen LogP contribution in [0.15, 0.2) is 60.7 Å². The number of hydrogen-bond acceptors (Lipinski definition) is 3. The van der Waals surface area contributed by atoms with E-state index >= 15 is 0 Å². The first-order valence-electron chi connectivity index (χ1n) is 10.9. The first-order valence-corrected chi connectivity index (χ1v) is 10.9. The second kappa shape index (κ2) is 12.8. The van der Waals surface area contributed by atoms with Gasteiger partial charge in [-0.05, 0) is 42.7 Å². The first-order chi connectivity index (χ1) is 14.5. The third-order valence-electron chi connectivity index (χ3n) is 5.23. The van der Waals surface area contributed by atoms with Gasteiger partial charge in [-0.1, -0.05) is 74.5 Å². The van der Waals surface area contributed by atoms with Crippen molar-refractivity contribution in [3.05, 3.63) is 71.8 Å². The second-order valence-electron chi connectivity index (χ2n) is 8.14. The Balaban J connectivity index is 1.79. The highest BCUT2D eigenvalue weighted by atomic mass is 16.2. The third kappa shape index (κ3) is 8.78. The van der Waals surface area contributed by atoms with Crippen molar-refractivity contribution >= 4 is 11.8 Å². The molecule has 2 aromatic carbocycles. The fourth-order valence-electron chi connectivity index (χ4n) is 3.31. The maximum atomic E-state index is 12.4. The van der Waals surface area contributed by atoms with E-state index in [4.69, 9.17) is 5.73 Å². The Kier molecular flexibility index (Phi) is 10.1. The summed E-state index contributed by atoms with van der Waals surface area (Å²) in [6.07, 6.45) is 3.45. The zero-order valence-corrected chi connectivity index (χ0v) is 18.1. The van der Waals surface area contributed by atoms with Crippen molar-refractivity contribution in [3.8, 4) is 0 Å². The van der Waals surface area contributed by atoms with Gasteiger partial charge in [0.1, 0.15) is 0 Å². The third-order valence-corrected chi connectivity index (χ3v) is 5.23. The summed E-state index contributed by atoms with van der Waals surface area (Å²) in [6.45, 7) is 4.52. The van der Waals surface area contributed by atoms with E-state index < -0.39 is 6.04 Å². The molecule has 0 aliphatic rings. The van der Waals surface area contributed by atoms with E-state index in [0.29, 0.717) is 19.4 Å². The topological polar surface area (TPSA) is 84.2 Å². The van der Waals surface area contributed by atoms with Crippen LogP contribution in [0.25, 0.3) is 0 Å². The molecule has 0 saturated heterocycles. The number of rotatable bonds is 12. The molecule has 0 radical (unpaired) electrons. The van der Waals surface area contributed by atoms with E-state index in [1.54, 1.807) is 0 Å². The lowest BCUT2D eigenvalue weighted by Crippen LogP contribution is -2.48. The first kappa shape index (κ1) is 23.6. The van der Waals surface area contributed by atoms with Crippen LogP contribution in [0.2, 0.25) is 0 Å². The zero-order valence-electron chi connectivity index (χ0n) is 18.1. The lowest BCUT2D eigenvalue weighted by atomic mass is 9.99. The highest BCUT2D eigenvalue weighted by molar-refractivity contribution is 5.82. The molecule has 30 heavy (non-hydrogen) atoms. The number of carbonyl (C=O) groups is 2. The summed E-state index contributed by atoms with van der Waals surface area (Å²) < 4.78 is 0. The SMILES string of the molecule is CC(C)C(N)C(=O)NC(CCCC(=O)NCCc1ccccc1)Cc1ccccc1. The minimum Gasteiger partial charge on any atom is -0.356 e. The van der Waals surface area contributed by atoms with E-state index in [-0.39, 0.29) is 23.8 Å². The fourth-order valence-corrected chi connectivity index (χ4v) is 3.31. The van der Waals surface area contributed by atoms with Gasteiger partial charge in [-0.15, -0.1) is 0 Å². The smallest absolute Gasteiger partial charge is 0.237 e. The van der Waals surface area contributed by atoms with Gasteiger partial charge in [0.25, 0.3) is 0 Å². The average molecular weight is 410 g/mol. The molecule has 0 heterocycles. The molecule has 2 atom stereocenters. The van der Waals surface area contributed by atoms with E-state index in [9.17, 15) is 9.59 Å². The van der Waals surface area contributed by atoms with E-state index in [0.717, 1.165) is 24.8 Å². The molecule has 2 amide bonds. The molecule has 0 aliphatic carbocycles. The Morgan fingerprint density at radius 2 is 1.53 bits per heavy atom. The van der Waals surface area contributed by atoms with Crippen LogP contribution in [0.3, 0.4) is 0 Å². The fraction of sp³-hybridized carbons (Fsp3) is 0.440. The van der Waals surface area contributed by atoms with Crippen LogP contribution < -0.4 is 16.4 Å². The molecule has 2 aromatic rings. The van der Waals surface area contributed by atoms with Crippen molar-refractivity contribution in [2.75, 3.05) is 6.54 Å². The summed E-state index contributed by atoms with van der Waals surface area (Å²) in [4.78, 5) is 24.6. The predicted octanol–water partition coefficient (Wildman–Crippen LogP) is 3.23. The molecular formula is C25H35N3O2. The highest BCUT2D eigenvalue weighted by Crippen LogP contribution is 2.10. The zero-order chi connectivity index (χ0) is 21.8. The molecule has 0 aliphatic heterocycles. The van der Waals surface area contributed by atoms with Gasteiger partial charge in [0.2, 0.25) is 11.8 Å². The summed E-state index contributed by atoms with van der Waals surface area (Å²) in [7, 11) is 0. The number of hydrogen-bond donors (Lipinski definition) is 3. The molecule has 0 aromatic heterocycles. The maximum absolute atomic E-state index is 12.4. The number of amides is 2. The molecule has 4 N–H and O–H groups in total. The van der Waals surface area contributed by atoms with Crippen LogP contribution in [0.5, 0.6) is 0 Å². The number of carbonyl (C=O) groups excluding carboxylic acids is 2. The Hall–Kier alpha value is -2.66. The molecule has 162 valence electrons.